The van der Waals surface area contributed by atoms with Gasteiger partial charge in [0, 0.05) is 5.41 Å². The van der Waals surface area contributed by atoms with Crippen molar-refractivity contribution in [2.24, 2.45) is 22.7 Å². The fraction of sp³-hybridized carbons (Fsp3) is 0.625. The van der Waals surface area contributed by atoms with Crippen LogP contribution in [0.15, 0.2) is 11.0 Å². The first-order chi connectivity index (χ1) is 12.6. The van der Waals surface area contributed by atoms with Crippen molar-refractivity contribution in [3.05, 3.63) is 11.0 Å². The lowest BCUT2D eigenvalue weighted by Gasteiger charge is -2.61. The van der Waals surface area contributed by atoms with Gasteiger partial charge in [0.2, 0.25) is 16.2 Å². The van der Waals surface area contributed by atoms with Gasteiger partial charge in [-0.1, -0.05) is 34.9 Å². The van der Waals surface area contributed by atoms with E-state index in [0.29, 0.717) is 17.0 Å². The first-order valence-corrected chi connectivity index (χ1v) is 10.9. The Balaban J connectivity index is 1.42. The summed E-state index contributed by atoms with van der Waals surface area (Å²) < 4.78 is 0. The number of amides is 1. The molecule has 26 heavy (non-hydrogen) atoms. The van der Waals surface area contributed by atoms with Gasteiger partial charge in [0.1, 0.15) is 11.0 Å². The van der Waals surface area contributed by atoms with Crippen LogP contribution >= 0.6 is 34.9 Å². The van der Waals surface area contributed by atoms with E-state index < -0.39 is 0 Å². The molecule has 4 aliphatic carbocycles. The molecule has 0 spiro atoms. The molecule has 2 aromatic rings. The summed E-state index contributed by atoms with van der Waals surface area (Å²) in [5, 5.41) is 23.3. The molecule has 136 valence electrons. The number of rotatable bonds is 4. The Labute approximate surface area is 164 Å². The molecular weight excluding hydrogens is 388 g/mol. The molecule has 4 bridgehead atoms. The summed E-state index contributed by atoms with van der Waals surface area (Å²) in [6.07, 6.45) is 6.08. The van der Waals surface area contributed by atoms with Crippen LogP contribution in [-0.2, 0) is 4.79 Å². The summed E-state index contributed by atoms with van der Waals surface area (Å²) in [5.41, 5.74) is 2.88. The van der Waals surface area contributed by atoms with Gasteiger partial charge in [-0.05, 0) is 50.4 Å². The van der Waals surface area contributed by atoms with Gasteiger partial charge in [0.05, 0.1) is 10.4 Å². The molecule has 10 heteroatoms. The van der Waals surface area contributed by atoms with Gasteiger partial charge < -0.3 is 10.6 Å². The Bertz CT molecular complexity index is 756. The van der Waals surface area contributed by atoms with Crippen LogP contribution in [0.5, 0.6) is 0 Å². The smallest absolute Gasteiger partial charge is 0.232 e. The second-order valence-electron chi connectivity index (χ2n) is 7.92. The van der Waals surface area contributed by atoms with Crippen LogP contribution in [0.1, 0.15) is 38.5 Å². The fourth-order valence-electron chi connectivity index (χ4n) is 5.71. The van der Waals surface area contributed by atoms with Gasteiger partial charge in [0.25, 0.3) is 0 Å². The van der Waals surface area contributed by atoms with E-state index in [4.69, 9.17) is 12.2 Å². The van der Waals surface area contributed by atoms with Gasteiger partial charge >= 0.3 is 0 Å². The van der Waals surface area contributed by atoms with E-state index in [1.807, 2.05) is 0 Å². The number of aromatic nitrogens is 4. The molecule has 2 aromatic heterocycles. The second-order valence-corrected chi connectivity index (χ2v) is 9.99. The summed E-state index contributed by atoms with van der Waals surface area (Å²) in [7, 11) is 0. The normalized spacial score (nSPS) is 34.6. The largest absolute Gasteiger partial charge is 0.324 e. The van der Waals surface area contributed by atoms with E-state index >= 15 is 0 Å². The van der Waals surface area contributed by atoms with Crippen molar-refractivity contribution in [2.75, 3.05) is 10.6 Å². The molecule has 2 atom stereocenters. The van der Waals surface area contributed by atoms with E-state index in [0.717, 1.165) is 42.2 Å². The summed E-state index contributed by atoms with van der Waals surface area (Å²) in [5.74, 6) is 1.21. The maximum atomic E-state index is 13.2. The maximum Gasteiger partial charge on any atom is 0.232 e. The first-order valence-electron chi connectivity index (χ1n) is 8.72. The zero-order valence-corrected chi connectivity index (χ0v) is 16.4. The second kappa shape index (κ2) is 6.00. The SMILES string of the molecule is O=C(Nc1nncs1)C12CC3CC(C1)CC(C(=S)Nc1nncs1)(C3)C2. The van der Waals surface area contributed by atoms with Crippen LogP contribution in [0.25, 0.3) is 0 Å². The Morgan fingerprint density at radius 1 is 1.00 bits per heavy atom. The van der Waals surface area contributed by atoms with Gasteiger partial charge in [-0.3, -0.25) is 4.79 Å². The van der Waals surface area contributed by atoms with E-state index in [9.17, 15) is 4.79 Å². The van der Waals surface area contributed by atoms with Gasteiger partial charge in [-0.25, -0.2) is 0 Å². The molecule has 0 saturated heterocycles. The Kier molecular flexibility index (Phi) is 3.84. The third-order valence-corrected chi connectivity index (χ3v) is 7.93. The van der Waals surface area contributed by atoms with E-state index in [1.54, 1.807) is 11.0 Å². The lowest BCUT2D eigenvalue weighted by molar-refractivity contribution is -0.144. The quantitative estimate of drug-likeness (QED) is 0.752. The first kappa shape index (κ1) is 16.6. The van der Waals surface area contributed by atoms with Crippen molar-refractivity contribution in [1.29, 1.82) is 0 Å². The molecule has 0 aromatic carbocycles. The molecule has 1 amide bonds. The fourth-order valence-corrected chi connectivity index (χ4v) is 7.00. The minimum absolute atomic E-state index is 0.0893. The molecule has 7 nitrogen and oxygen atoms in total. The molecule has 0 radical (unpaired) electrons. The molecule has 2 heterocycles. The van der Waals surface area contributed by atoms with E-state index in [1.165, 1.54) is 29.1 Å². The zero-order valence-electron chi connectivity index (χ0n) is 14.0. The molecule has 4 saturated carbocycles. The monoisotopic (exact) mass is 406 g/mol. The van der Waals surface area contributed by atoms with Crippen LogP contribution < -0.4 is 10.6 Å². The number of nitrogens with one attached hydrogen (secondary N) is 2. The Hall–Kier alpha value is -1.52. The molecule has 4 fully saturated rings. The Morgan fingerprint density at radius 2 is 1.58 bits per heavy atom. The average Bonchev–Trinajstić information content (AvgIpc) is 3.27. The predicted molar refractivity (Wildman–Crippen MR) is 104 cm³/mol. The molecular formula is C16H18N6OS3. The van der Waals surface area contributed by atoms with Crippen molar-refractivity contribution in [2.45, 2.75) is 38.5 Å². The minimum Gasteiger partial charge on any atom is -0.324 e. The highest BCUT2D eigenvalue weighted by Gasteiger charge is 2.62. The molecule has 0 aliphatic heterocycles. The number of carbonyl (C=O) groups excluding carboxylic acids is 1. The van der Waals surface area contributed by atoms with Crippen LogP contribution in [0.4, 0.5) is 10.3 Å². The lowest BCUT2D eigenvalue weighted by atomic mass is 9.44. The number of thiocarbonyl (C=S) groups is 1. The molecule has 2 unspecified atom stereocenters. The third kappa shape index (κ3) is 2.66. The minimum atomic E-state index is -0.345. The number of anilines is 2. The van der Waals surface area contributed by atoms with Crippen molar-refractivity contribution in [3.8, 4) is 0 Å². The van der Waals surface area contributed by atoms with Gasteiger partial charge in [0.15, 0.2) is 0 Å². The molecule has 2 N–H and O–H groups in total. The highest BCUT2D eigenvalue weighted by atomic mass is 32.1. The summed E-state index contributed by atoms with van der Waals surface area (Å²) in [4.78, 5) is 14.0. The van der Waals surface area contributed by atoms with Crippen molar-refractivity contribution >= 4 is 56.1 Å². The van der Waals surface area contributed by atoms with E-state index in [-0.39, 0.29) is 16.7 Å². The topological polar surface area (TPSA) is 92.7 Å². The highest BCUT2D eigenvalue weighted by Crippen LogP contribution is 2.66. The van der Waals surface area contributed by atoms with Crippen LogP contribution in [0.2, 0.25) is 0 Å². The number of nitrogens with zero attached hydrogens (tertiary/aromatic N) is 4. The van der Waals surface area contributed by atoms with Crippen molar-refractivity contribution < 1.29 is 4.79 Å². The van der Waals surface area contributed by atoms with E-state index in [2.05, 4.69) is 31.0 Å². The van der Waals surface area contributed by atoms with Gasteiger partial charge in [-0.15, -0.1) is 20.4 Å². The molecule has 6 rings (SSSR count). The van der Waals surface area contributed by atoms with Crippen molar-refractivity contribution in [1.82, 2.24) is 20.4 Å². The molecule has 4 aliphatic rings. The third-order valence-electron chi connectivity index (χ3n) is 6.19. The number of hydrogen-bond acceptors (Lipinski definition) is 8. The maximum absolute atomic E-state index is 13.2. The predicted octanol–water partition coefficient (Wildman–Crippen LogP) is 3.35. The van der Waals surface area contributed by atoms with Crippen molar-refractivity contribution in [3.63, 3.8) is 0 Å². The van der Waals surface area contributed by atoms with Gasteiger partial charge in [-0.2, -0.15) is 0 Å². The number of carbonyl (C=O) groups is 1. The summed E-state index contributed by atoms with van der Waals surface area (Å²) in [6, 6.07) is 0. The standard InChI is InChI=1S/C16H18N6OS3/c23-11(19-13-21-17-7-25-13)15-2-9-1-10(3-15)5-16(4-9,6-15)12(24)20-14-22-18-8-26-14/h7-10H,1-6H2,(H,19,21,23)(H,20,22,24). The summed E-state index contributed by atoms with van der Waals surface area (Å²) in [6.45, 7) is 0. The highest BCUT2D eigenvalue weighted by molar-refractivity contribution is 7.80. The lowest BCUT2D eigenvalue weighted by Crippen LogP contribution is -2.59. The number of hydrogen-bond donors (Lipinski definition) is 2. The van der Waals surface area contributed by atoms with Crippen LogP contribution in [0, 0.1) is 22.7 Å². The summed E-state index contributed by atoms with van der Waals surface area (Å²) >= 11 is 8.63. The zero-order chi connectivity index (χ0) is 17.8. The Morgan fingerprint density at radius 3 is 2.15 bits per heavy atom. The van der Waals surface area contributed by atoms with Crippen LogP contribution in [-0.4, -0.2) is 31.3 Å². The average molecular weight is 407 g/mol. The van der Waals surface area contributed by atoms with Crippen LogP contribution in [0.3, 0.4) is 0 Å².